The molecule has 0 aromatic heterocycles. The minimum absolute atomic E-state index is 0.105. The lowest BCUT2D eigenvalue weighted by Gasteiger charge is -2.21. The maximum atomic E-state index is 13.1. The number of ether oxygens (including phenoxy) is 4. The summed E-state index contributed by atoms with van der Waals surface area (Å²) in [7, 11) is -9.91. The van der Waals surface area contributed by atoms with Crippen molar-refractivity contribution < 1.29 is 80.2 Å². The second-order valence-corrected chi connectivity index (χ2v) is 31.1. The van der Waals surface area contributed by atoms with Crippen molar-refractivity contribution in [3.05, 3.63) is 0 Å². The second-order valence-electron chi connectivity index (χ2n) is 28.2. The van der Waals surface area contributed by atoms with Crippen molar-refractivity contribution in [2.24, 2.45) is 23.7 Å². The number of carbonyl (C=O) groups excluding carboxylic acids is 4. The van der Waals surface area contributed by atoms with Gasteiger partial charge < -0.3 is 33.8 Å². The lowest BCUT2D eigenvalue weighted by molar-refractivity contribution is -0.161. The van der Waals surface area contributed by atoms with Crippen LogP contribution in [0.3, 0.4) is 0 Å². The van der Waals surface area contributed by atoms with Gasteiger partial charge in [-0.25, -0.2) is 9.13 Å². The molecule has 19 heteroatoms. The number of phosphoric ester groups is 2. The molecule has 94 heavy (non-hydrogen) atoms. The van der Waals surface area contributed by atoms with Gasteiger partial charge in [-0.15, -0.1) is 0 Å². The van der Waals surface area contributed by atoms with E-state index >= 15 is 0 Å². The molecule has 0 aliphatic rings. The number of rotatable bonds is 72. The predicted octanol–water partition coefficient (Wildman–Crippen LogP) is 21.7. The summed E-state index contributed by atoms with van der Waals surface area (Å²) in [6, 6.07) is 0. The third-order valence-electron chi connectivity index (χ3n) is 18.4. The summed E-state index contributed by atoms with van der Waals surface area (Å²) in [5, 5.41) is 10.6. The first-order valence-electron chi connectivity index (χ1n) is 38.8. The highest BCUT2D eigenvalue weighted by Gasteiger charge is 2.30. The van der Waals surface area contributed by atoms with E-state index in [-0.39, 0.29) is 25.7 Å². The zero-order valence-electron chi connectivity index (χ0n) is 61.6. The zero-order valence-corrected chi connectivity index (χ0v) is 63.4. The fourth-order valence-corrected chi connectivity index (χ4v) is 12.9. The summed E-state index contributed by atoms with van der Waals surface area (Å²) >= 11 is 0. The Kier molecular flexibility index (Phi) is 63.1. The molecule has 8 atom stereocenters. The fraction of sp³-hybridized carbons (Fsp3) is 0.947. The minimum Gasteiger partial charge on any atom is -0.462 e. The average molecular weight is 1380 g/mol. The Balaban J connectivity index is 5.25. The van der Waals surface area contributed by atoms with Crippen molar-refractivity contribution in [3.63, 3.8) is 0 Å². The number of unbranched alkanes of at least 4 members (excludes halogenated alkanes) is 35. The first-order chi connectivity index (χ1) is 45.2. The first-order valence-corrected chi connectivity index (χ1v) is 41.8. The van der Waals surface area contributed by atoms with Crippen molar-refractivity contribution in [2.45, 2.75) is 395 Å². The molecule has 0 rings (SSSR count). The summed E-state index contributed by atoms with van der Waals surface area (Å²) in [6.45, 7) is 14.2. The van der Waals surface area contributed by atoms with Crippen molar-refractivity contribution in [2.75, 3.05) is 39.6 Å². The molecular weight excluding hydrogens is 1230 g/mol. The minimum atomic E-state index is -4.96. The van der Waals surface area contributed by atoms with Crippen molar-refractivity contribution in [1.29, 1.82) is 0 Å². The number of aliphatic hydroxyl groups excluding tert-OH is 1. The van der Waals surface area contributed by atoms with Crippen LogP contribution in [0.2, 0.25) is 0 Å². The van der Waals surface area contributed by atoms with Gasteiger partial charge in [0.05, 0.1) is 26.4 Å². The Morgan fingerprint density at radius 2 is 0.511 bits per heavy atom. The van der Waals surface area contributed by atoms with Gasteiger partial charge in [0.2, 0.25) is 0 Å². The smallest absolute Gasteiger partial charge is 0.462 e. The van der Waals surface area contributed by atoms with E-state index in [1.54, 1.807) is 0 Å². The van der Waals surface area contributed by atoms with Crippen LogP contribution in [0, 0.1) is 23.7 Å². The van der Waals surface area contributed by atoms with E-state index in [9.17, 15) is 43.2 Å². The molecule has 0 aliphatic heterocycles. The molecule has 5 unspecified atom stereocenters. The van der Waals surface area contributed by atoms with Crippen LogP contribution in [0.15, 0.2) is 0 Å². The highest BCUT2D eigenvalue weighted by Crippen LogP contribution is 2.45. The van der Waals surface area contributed by atoms with Crippen LogP contribution in [-0.4, -0.2) is 96.7 Å². The Morgan fingerprint density at radius 1 is 0.298 bits per heavy atom. The Morgan fingerprint density at radius 3 is 0.755 bits per heavy atom. The Hall–Kier alpha value is -1.94. The topological polar surface area (TPSA) is 237 Å². The van der Waals surface area contributed by atoms with E-state index in [1.165, 1.54) is 173 Å². The summed E-state index contributed by atoms with van der Waals surface area (Å²) < 4.78 is 68.5. The van der Waals surface area contributed by atoms with Crippen molar-refractivity contribution in [3.8, 4) is 0 Å². The van der Waals surface area contributed by atoms with Gasteiger partial charge in [-0.2, -0.15) is 0 Å². The van der Waals surface area contributed by atoms with E-state index < -0.39 is 97.5 Å². The predicted molar refractivity (Wildman–Crippen MR) is 381 cm³/mol. The molecule has 0 spiro atoms. The van der Waals surface area contributed by atoms with Crippen LogP contribution in [-0.2, 0) is 65.4 Å². The van der Waals surface area contributed by atoms with Gasteiger partial charge >= 0.3 is 39.5 Å². The normalized spacial score (nSPS) is 15.0. The molecule has 0 radical (unpaired) electrons. The SMILES string of the molecule is CCC(C)CCCCCCCCCCCCCCCCC(=O)O[C@H](COC(=O)CCCCCCCCCCC(C)CC)COP(=O)(O)OC[C@@H](O)COP(=O)(O)OC[C@@H](COC(=O)CCCCCCCCC(C)CC)OC(=O)CCCCCCCCCCCCCC(C)C. The third-order valence-corrected chi connectivity index (χ3v) is 20.3. The molecule has 0 saturated heterocycles. The molecule has 0 aromatic rings. The van der Waals surface area contributed by atoms with Crippen molar-refractivity contribution in [1.82, 2.24) is 0 Å². The number of esters is 4. The van der Waals surface area contributed by atoms with E-state index in [4.69, 9.17) is 37.0 Å². The average Bonchev–Trinajstić information content (AvgIpc) is 3.09. The number of carbonyl (C=O) groups is 4. The van der Waals surface area contributed by atoms with Gasteiger partial charge in [-0.1, -0.05) is 325 Å². The molecule has 0 heterocycles. The summed E-state index contributed by atoms with van der Waals surface area (Å²) in [6.07, 6.45) is 48.4. The molecule has 3 N–H and O–H groups in total. The van der Waals surface area contributed by atoms with E-state index in [2.05, 4.69) is 55.4 Å². The van der Waals surface area contributed by atoms with E-state index in [0.717, 1.165) is 120 Å². The van der Waals surface area contributed by atoms with Crippen LogP contribution in [0.25, 0.3) is 0 Å². The molecular formula is C75H146O17P2. The highest BCUT2D eigenvalue weighted by molar-refractivity contribution is 7.47. The fourth-order valence-electron chi connectivity index (χ4n) is 11.3. The molecule has 558 valence electrons. The standard InChI is InChI=1S/C75H146O17P2/c1-9-66(6)52-44-36-28-22-18-14-12-13-15-19-23-31-41-49-57-74(79)91-70(61-85-72(77)55-47-39-30-26-25-29-37-45-53-67(7)10-2)63-89-93(81,82)87-59-69(76)60-88-94(83,84)90-64-71(62-86-73(78)56-48-40-34-33-38-46-54-68(8)11-3)92-75(80)58-50-42-32-24-20-16-17-21-27-35-43-51-65(4)5/h65-71,76H,9-64H2,1-8H3,(H,81,82)(H,83,84)/t66?,67?,68?,69-,70-,71-/m1/s1. The quantitative estimate of drug-likeness (QED) is 0.0222. The first kappa shape index (κ1) is 92.1. The summed E-state index contributed by atoms with van der Waals surface area (Å²) in [5.41, 5.74) is 0. The second kappa shape index (κ2) is 64.4. The highest BCUT2D eigenvalue weighted by atomic mass is 31.2. The molecule has 17 nitrogen and oxygen atoms in total. The van der Waals surface area contributed by atoms with Crippen LogP contribution in [0.4, 0.5) is 0 Å². The Labute approximate surface area is 575 Å². The van der Waals surface area contributed by atoms with Gasteiger partial charge in [0.1, 0.15) is 19.3 Å². The molecule has 0 fully saturated rings. The van der Waals surface area contributed by atoms with Gasteiger partial charge in [0.25, 0.3) is 0 Å². The maximum Gasteiger partial charge on any atom is 0.472 e. The van der Waals surface area contributed by atoms with Crippen LogP contribution >= 0.6 is 15.6 Å². The van der Waals surface area contributed by atoms with Crippen LogP contribution < -0.4 is 0 Å². The summed E-state index contributed by atoms with van der Waals surface area (Å²) in [4.78, 5) is 72.8. The lowest BCUT2D eigenvalue weighted by atomic mass is 9.99. The molecule has 0 aliphatic carbocycles. The number of phosphoric acid groups is 2. The lowest BCUT2D eigenvalue weighted by Crippen LogP contribution is -2.30. The van der Waals surface area contributed by atoms with Gasteiger partial charge in [-0.3, -0.25) is 37.3 Å². The van der Waals surface area contributed by atoms with Crippen LogP contribution in [0.5, 0.6) is 0 Å². The number of hydrogen-bond donors (Lipinski definition) is 3. The van der Waals surface area contributed by atoms with Gasteiger partial charge in [-0.05, 0) is 49.4 Å². The van der Waals surface area contributed by atoms with E-state index in [0.29, 0.717) is 25.7 Å². The number of hydrogen-bond acceptors (Lipinski definition) is 15. The van der Waals surface area contributed by atoms with Crippen molar-refractivity contribution >= 4 is 39.5 Å². The van der Waals surface area contributed by atoms with Gasteiger partial charge in [0, 0.05) is 25.7 Å². The molecule has 0 amide bonds. The van der Waals surface area contributed by atoms with Gasteiger partial charge in [0.15, 0.2) is 12.2 Å². The third kappa shape index (κ3) is 64.7. The molecule has 0 aromatic carbocycles. The molecule has 0 bridgehead atoms. The zero-order chi connectivity index (χ0) is 69.6. The monoisotopic (exact) mass is 1380 g/mol. The largest absolute Gasteiger partial charge is 0.472 e. The molecule has 0 saturated carbocycles. The summed E-state index contributed by atoms with van der Waals surface area (Å²) in [5.74, 6) is 0.996. The maximum absolute atomic E-state index is 13.1. The number of aliphatic hydroxyl groups is 1. The Bertz CT molecular complexity index is 1860. The van der Waals surface area contributed by atoms with Crippen LogP contribution in [0.1, 0.15) is 376 Å². The van der Waals surface area contributed by atoms with E-state index in [1.807, 2.05) is 0 Å².